The Hall–Kier alpha value is -1.53. The molecule has 1 saturated heterocycles. The molecule has 1 aliphatic heterocycles. The van der Waals surface area contributed by atoms with Crippen LogP contribution in [0.1, 0.15) is 53.4 Å². The van der Waals surface area contributed by atoms with Crippen LogP contribution in [-0.4, -0.2) is 46.5 Å². The molecule has 1 N–H and O–H groups in total. The molecule has 5 nitrogen and oxygen atoms in total. The minimum Gasteiger partial charge on any atom is -0.350 e. The summed E-state index contributed by atoms with van der Waals surface area (Å²) in [7, 11) is 0. The highest BCUT2D eigenvalue weighted by molar-refractivity contribution is 7.20. The summed E-state index contributed by atoms with van der Waals surface area (Å²) in [4.78, 5) is 25.8. The van der Waals surface area contributed by atoms with Crippen LogP contribution in [0.5, 0.6) is 0 Å². The number of carbonyl (C=O) groups is 1. The van der Waals surface area contributed by atoms with Gasteiger partial charge in [0, 0.05) is 30.2 Å². The van der Waals surface area contributed by atoms with Crippen molar-refractivity contribution in [3.8, 4) is 0 Å². The van der Waals surface area contributed by atoms with Crippen molar-refractivity contribution >= 4 is 27.5 Å². The minimum atomic E-state index is 0.00876. The third-order valence-electron chi connectivity index (χ3n) is 5.16. The van der Waals surface area contributed by atoms with E-state index in [1.165, 1.54) is 24.2 Å². The molecule has 1 aliphatic rings. The van der Waals surface area contributed by atoms with Crippen LogP contribution < -0.4 is 5.32 Å². The molecule has 25 heavy (non-hydrogen) atoms. The third kappa shape index (κ3) is 3.85. The van der Waals surface area contributed by atoms with E-state index in [0.29, 0.717) is 12.6 Å². The smallest absolute Gasteiger partial charge is 0.261 e. The van der Waals surface area contributed by atoms with Gasteiger partial charge in [-0.3, -0.25) is 9.69 Å². The number of rotatable bonds is 4. The van der Waals surface area contributed by atoms with Gasteiger partial charge in [0.15, 0.2) is 0 Å². The fourth-order valence-corrected chi connectivity index (χ4v) is 4.96. The van der Waals surface area contributed by atoms with Crippen LogP contribution in [0.25, 0.3) is 10.2 Å². The van der Waals surface area contributed by atoms with E-state index in [9.17, 15) is 4.79 Å². The van der Waals surface area contributed by atoms with Crippen LogP contribution in [0.15, 0.2) is 0 Å². The van der Waals surface area contributed by atoms with Gasteiger partial charge in [-0.1, -0.05) is 6.92 Å². The van der Waals surface area contributed by atoms with Gasteiger partial charge in [-0.2, -0.15) is 0 Å². The van der Waals surface area contributed by atoms with Gasteiger partial charge in [0.2, 0.25) is 0 Å². The van der Waals surface area contributed by atoms with Crippen molar-refractivity contribution in [2.75, 3.05) is 19.6 Å². The molecule has 1 amide bonds. The molecule has 2 aromatic rings. The molecule has 2 unspecified atom stereocenters. The van der Waals surface area contributed by atoms with Gasteiger partial charge in [0.1, 0.15) is 10.7 Å². The normalized spacial score (nSPS) is 20.0. The van der Waals surface area contributed by atoms with E-state index < -0.39 is 0 Å². The summed E-state index contributed by atoms with van der Waals surface area (Å²) in [6.45, 7) is 13.3. The number of fused-ring (bicyclic) bond motifs is 1. The number of hydrogen-bond donors (Lipinski definition) is 1. The number of nitrogens with one attached hydrogen (secondary N) is 1. The van der Waals surface area contributed by atoms with Crippen molar-refractivity contribution in [2.24, 2.45) is 5.92 Å². The molecule has 0 aromatic carbocycles. The zero-order chi connectivity index (χ0) is 18.1. The number of amides is 1. The average Bonchev–Trinajstić information content (AvgIpc) is 2.89. The number of piperidine rings is 1. The van der Waals surface area contributed by atoms with Gasteiger partial charge in [-0.25, -0.2) is 9.97 Å². The zero-order valence-corrected chi connectivity index (χ0v) is 16.7. The topological polar surface area (TPSA) is 58.1 Å². The van der Waals surface area contributed by atoms with Crippen LogP contribution in [0, 0.1) is 26.7 Å². The number of aromatic nitrogens is 2. The summed E-state index contributed by atoms with van der Waals surface area (Å²) >= 11 is 1.47. The lowest BCUT2D eigenvalue weighted by Gasteiger charge is -2.35. The Morgan fingerprint density at radius 3 is 2.84 bits per heavy atom. The van der Waals surface area contributed by atoms with E-state index >= 15 is 0 Å². The first-order valence-electron chi connectivity index (χ1n) is 9.13. The first kappa shape index (κ1) is 18.3. The second kappa shape index (κ2) is 7.38. The molecule has 6 heteroatoms. The van der Waals surface area contributed by atoms with Crippen molar-refractivity contribution < 1.29 is 4.79 Å². The maximum absolute atomic E-state index is 12.7. The predicted octanol–water partition coefficient (Wildman–Crippen LogP) is 3.47. The monoisotopic (exact) mass is 360 g/mol. The van der Waals surface area contributed by atoms with Crippen LogP contribution >= 0.6 is 11.3 Å². The Morgan fingerprint density at radius 2 is 2.12 bits per heavy atom. The van der Waals surface area contributed by atoms with Crippen molar-refractivity contribution in [1.29, 1.82) is 0 Å². The van der Waals surface area contributed by atoms with Gasteiger partial charge in [-0.05, 0) is 58.6 Å². The summed E-state index contributed by atoms with van der Waals surface area (Å²) in [5, 5.41) is 4.15. The standard InChI is InChI=1S/C19H28N4OS/c1-11-7-6-8-23(10-11)12(2)9-20-18(24)17-13(3)16-14(4)21-15(5)22-19(16)25-17/h11-12H,6-10H2,1-5H3,(H,20,24). The largest absolute Gasteiger partial charge is 0.350 e. The molecule has 0 saturated carbocycles. The molecule has 0 radical (unpaired) electrons. The Balaban J connectivity index is 1.70. The molecule has 1 fully saturated rings. The van der Waals surface area contributed by atoms with E-state index in [0.717, 1.165) is 51.2 Å². The molecule has 2 atom stereocenters. The molecule has 2 aromatic heterocycles. The second-order valence-corrected chi connectivity index (χ2v) is 8.39. The van der Waals surface area contributed by atoms with E-state index in [-0.39, 0.29) is 5.91 Å². The van der Waals surface area contributed by atoms with Crippen LogP contribution in [0.4, 0.5) is 0 Å². The van der Waals surface area contributed by atoms with E-state index in [1.807, 2.05) is 20.8 Å². The summed E-state index contributed by atoms with van der Waals surface area (Å²) in [6, 6.07) is 0.366. The minimum absolute atomic E-state index is 0.00876. The number of carbonyl (C=O) groups excluding carboxylic acids is 1. The summed E-state index contributed by atoms with van der Waals surface area (Å²) in [5.74, 6) is 1.52. The number of likely N-dealkylation sites (tertiary alicyclic amines) is 1. The summed E-state index contributed by atoms with van der Waals surface area (Å²) in [5.41, 5.74) is 1.94. The van der Waals surface area contributed by atoms with E-state index in [4.69, 9.17) is 0 Å². The van der Waals surface area contributed by atoms with Crippen LogP contribution in [0.2, 0.25) is 0 Å². The van der Waals surface area contributed by atoms with Crippen LogP contribution in [-0.2, 0) is 0 Å². The SMILES string of the molecule is Cc1nc(C)c2c(C)c(C(=O)NCC(C)N3CCCC(C)C3)sc2n1. The molecular formula is C19H28N4OS. The Morgan fingerprint density at radius 1 is 1.36 bits per heavy atom. The second-order valence-electron chi connectivity index (χ2n) is 7.39. The third-order valence-corrected chi connectivity index (χ3v) is 6.34. The Labute approximate surface area is 153 Å². The van der Waals surface area contributed by atoms with Crippen molar-refractivity contribution in [2.45, 2.75) is 53.5 Å². The van der Waals surface area contributed by atoms with E-state index in [1.54, 1.807) is 0 Å². The van der Waals surface area contributed by atoms with Crippen LogP contribution in [0.3, 0.4) is 0 Å². The van der Waals surface area contributed by atoms with Crippen molar-refractivity contribution in [3.63, 3.8) is 0 Å². The molecular weight excluding hydrogens is 332 g/mol. The molecule has 3 heterocycles. The zero-order valence-electron chi connectivity index (χ0n) is 15.8. The molecule has 0 aliphatic carbocycles. The highest BCUT2D eigenvalue weighted by Gasteiger charge is 2.23. The highest BCUT2D eigenvalue weighted by atomic mass is 32.1. The molecule has 136 valence electrons. The predicted molar refractivity (Wildman–Crippen MR) is 103 cm³/mol. The molecule has 3 rings (SSSR count). The lowest BCUT2D eigenvalue weighted by atomic mass is 9.99. The maximum atomic E-state index is 12.7. The van der Waals surface area contributed by atoms with Gasteiger partial charge < -0.3 is 5.32 Å². The fourth-order valence-electron chi connectivity index (χ4n) is 3.77. The van der Waals surface area contributed by atoms with Gasteiger partial charge in [-0.15, -0.1) is 11.3 Å². The average molecular weight is 361 g/mol. The van der Waals surface area contributed by atoms with Gasteiger partial charge >= 0.3 is 0 Å². The molecule has 0 bridgehead atoms. The quantitative estimate of drug-likeness (QED) is 0.907. The van der Waals surface area contributed by atoms with Gasteiger partial charge in [0.25, 0.3) is 5.91 Å². The molecule has 0 spiro atoms. The Kier molecular flexibility index (Phi) is 5.39. The highest BCUT2D eigenvalue weighted by Crippen LogP contribution is 2.31. The lowest BCUT2D eigenvalue weighted by Crippen LogP contribution is -2.46. The Bertz CT molecular complexity index is 785. The first-order chi connectivity index (χ1) is 11.9. The fraction of sp³-hybridized carbons (Fsp3) is 0.632. The number of thiophene rings is 1. The van der Waals surface area contributed by atoms with E-state index in [2.05, 4.69) is 34.0 Å². The summed E-state index contributed by atoms with van der Waals surface area (Å²) < 4.78 is 0. The number of aryl methyl sites for hydroxylation is 3. The van der Waals surface area contributed by atoms with Gasteiger partial charge in [0.05, 0.1) is 4.88 Å². The summed E-state index contributed by atoms with van der Waals surface area (Å²) in [6.07, 6.45) is 2.57. The lowest BCUT2D eigenvalue weighted by molar-refractivity contribution is 0.0921. The number of nitrogens with zero attached hydrogens (tertiary/aromatic N) is 3. The maximum Gasteiger partial charge on any atom is 0.261 e. The van der Waals surface area contributed by atoms with Crippen molar-refractivity contribution in [1.82, 2.24) is 20.2 Å². The first-order valence-corrected chi connectivity index (χ1v) is 9.95. The number of hydrogen-bond acceptors (Lipinski definition) is 5. The van der Waals surface area contributed by atoms with Crippen molar-refractivity contribution in [3.05, 3.63) is 22.0 Å².